The number of benzene rings is 1. The molecule has 1 N–H and O–H groups in total. The molecular formula is C22H27N5O3. The number of aliphatic hydroxyl groups excluding tert-OH is 1. The minimum atomic E-state index is -0.598. The van der Waals surface area contributed by atoms with Gasteiger partial charge in [-0.25, -0.2) is 14.6 Å². The van der Waals surface area contributed by atoms with Crippen molar-refractivity contribution in [3.8, 4) is 17.1 Å². The molecule has 0 bridgehead atoms. The van der Waals surface area contributed by atoms with Crippen molar-refractivity contribution in [3.63, 3.8) is 0 Å². The highest BCUT2D eigenvalue weighted by atomic mass is 16.5. The van der Waals surface area contributed by atoms with E-state index in [1.807, 2.05) is 41.1 Å². The summed E-state index contributed by atoms with van der Waals surface area (Å²) in [4.78, 5) is 11.5. The zero-order valence-corrected chi connectivity index (χ0v) is 17.4. The Balaban J connectivity index is 1.81. The van der Waals surface area contributed by atoms with Crippen LogP contribution < -0.4 is 4.90 Å². The van der Waals surface area contributed by atoms with E-state index in [1.54, 1.807) is 7.11 Å². The van der Waals surface area contributed by atoms with Crippen LogP contribution in [-0.4, -0.2) is 64.9 Å². The lowest BCUT2D eigenvalue weighted by Crippen LogP contribution is -2.37. The molecule has 0 amide bonds. The Morgan fingerprint density at radius 2 is 1.83 bits per heavy atom. The molecule has 8 nitrogen and oxygen atoms in total. The molecular weight excluding hydrogens is 382 g/mol. The van der Waals surface area contributed by atoms with Crippen molar-refractivity contribution in [3.05, 3.63) is 54.0 Å². The fraction of sp³-hybridized carbons (Fsp3) is 0.409. The second kappa shape index (κ2) is 9.34. The van der Waals surface area contributed by atoms with Gasteiger partial charge in [-0.3, -0.25) is 0 Å². The van der Waals surface area contributed by atoms with Crippen molar-refractivity contribution in [1.29, 1.82) is 0 Å². The second-order valence-corrected chi connectivity index (χ2v) is 7.10. The van der Waals surface area contributed by atoms with Gasteiger partial charge in [0.15, 0.2) is 11.6 Å². The van der Waals surface area contributed by atoms with Gasteiger partial charge in [-0.05, 0) is 12.5 Å². The molecule has 3 heterocycles. The molecule has 0 saturated carbocycles. The highest BCUT2D eigenvalue weighted by Crippen LogP contribution is 2.25. The smallest absolute Gasteiger partial charge is 0.164 e. The van der Waals surface area contributed by atoms with E-state index >= 15 is 0 Å². The van der Waals surface area contributed by atoms with Crippen molar-refractivity contribution in [1.82, 2.24) is 19.7 Å². The molecule has 1 saturated heterocycles. The van der Waals surface area contributed by atoms with Crippen LogP contribution in [0, 0.1) is 0 Å². The van der Waals surface area contributed by atoms with E-state index < -0.39 is 6.10 Å². The SMILES string of the molecule is CCc1cc(-c2ccccc2)nn1-c1cc(N2CCOCC2)nc(C(CO)OC)n1. The third kappa shape index (κ3) is 4.21. The summed E-state index contributed by atoms with van der Waals surface area (Å²) in [5, 5.41) is 14.6. The maximum absolute atomic E-state index is 9.73. The van der Waals surface area contributed by atoms with Crippen molar-refractivity contribution in [2.45, 2.75) is 19.4 Å². The van der Waals surface area contributed by atoms with Gasteiger partial charge >= 0.3 is 0 Å². The molecule has 0 aliphatic carbocycles. The first-order valence-electron chi connectivity index (χ1n) is 10.2. The van der Waals surface area contributed by atoms with Gasteiger partial charge in [-0.2, -0.15) is 5.10 Å². The molecule has 1 aliphatic heterocycles. The minimum absolute atomic E-state index is 0.197. The molecule has 3 aromatic rings. The first kappa shape index (κ1) is 20.5. The highest BCUT2D eigenvalue weighted by molar-refractivity contribution is 5.60. The number of rotatable bonds is 7. The van der Waals surface area contributed by atoms with Crippen LogP contribution in [0.5, 0.6) is 0 Å². The number of ether oxygens (including phenoxy) is 2. The number of aromatic nitrogens is 4. The van der Waals surface area contributed by atoms with E-state index in [0.717, 1.165) is 42.3 Å². The molecule has 30 heavy (non-hydrogen) atoms. The minimum Gasteiger partial charge on any atom is -0.393 e. The average Bonchev–Trinajstić information content (AvgIpc) is 3.26. The molecule has 2 aromatic heterocycles. The Morgan fingerprint density at radius 3 is 2.50 bits per heavy atom. The highest BCUT2D eigenvalue weighted by Gasteiger charge is 2.21. The Bertz CT molecular complexity index is 966. The Hall–Kier alpha value is -2.81. The second-order valence-electron chi connectivity index (χ2n) is 7.10. The van der Waals surface area contributed by atoms with E-state index in [-0.39, 0.29) is 6.61 Å². The van der Waals surface area contributed by atoms with Crippen molar-refractivity contribution in [2.24, 2.45) is 0 Å². The quantitative estimate of drug-likeness (QED) is 0.641. The molecule has 0 spiro atoms. The third-order valence-electron chi connectivity index (χ3n) is 5.22. The first-order valence-corrected chi connectivity index (χ1v) is 10.2. The lowest BCUT2D eigenvalue weighted by atomic mass is 10.1. The maximum Gasteiger partial charge on any atom is 0.164 e. The van der Waals surface area contributed by atoms with Crippen LogP contribution in [0.2, 0.25) is 0 Å². The molecule has 1 aromatic carbocycles. The number of morpholine rings is 1. The van der Waals surface area contributed by atoms with Gasteiger partial charge in [0, 0.05) is 37.5 Å². The van der Waals surface area contributed by atoms with Crippen LogP contribution in [0.4, 0.5) is 5.82 Å². The van der Waals surface area contributed by atoms with E-state index in [4.69, 9.17) is 19.6 Å². The fourth-order valence-electron chi connectivity index (χ4n) is 3.53. The van der Waals surface area contributed by atoms with Gasteiger partial charge in [-0.1, -0.05) is 37.3 Å². The number of methoxy groups -OCH3 is 1. The first-order chi connectivity index (χ1) is 14.7. The summed E-state index contributed by atoms with van der Waals surface area (Å²) in [7, 11) is 1.55. The van der Waals surface area contributed by atoms with Gasteiger partial charge in [0.25, 0.3) is 0 Å². The Labute approximate surface area is 176 Å². The van der Waals surface area contributed by atoms with Gasteiger partial charge in [0.1, 0.15) is 11.9 Å². The predicted molar refractivity (Wildman–Crippen MR) is 114 cm³/mol. The number of anilines is 1. The van der Waals surface area contributed by atoms with Crippen LogP contribution in [0.1, 0.15) is 24.5 Å². The van der Waals surface area contributed by atoms with Crippen LogP contribution >= 0.6 is 0 Å². The van der Waals surface area contributed by atoms with Crippen molar-refractivity contribution < 1.29 is 14.6 Å². The van der Waals surface area contributed by atoms with Gasteiger partial charge in [-0.15, -0.1) is 0 Å². The molecule has 1 fully saturated rings. The van der Waals surface area contributed by atoms with Crippen LogP contribution in [0.25, 0.3) is 17.1 Å². The molecule has 0 radical (unpaired) electrons. The number of hydrogen-bond acceptors (Lipinski definition) is 7. The summed E-state index contributed by atoms with van der Waals surface area (Å²) in [6.45, 7) is 4.71. The molecule has 1 atom stereocenters. The molecule has 8 heteroatoms. The van der Waals surface area contributed by atoms with Gasteiger partial charge in [0.05, 0.1) is 25.5 Å². The Kier molecular flexibility index (Phi) is 6.37. The molecule has 158 valence electrons. The lowest BCUT2D eigenvalue weighted by molar-refractivity contribution is 0.0422. The van der Waals surface area contributed by atoms with Crippen LogP contribution in [-0.2, 0) is 15.9 Å². The van der Waals surface area contributed by atoms with Crippen LogP contribution in [0.3, 0.4) is 0 Å². The standard InChI is InChI=1S/C22H27N5O3/c1-3-17-13-18(16-7-5-4-6-8-16)25-27(17)21-14-20(26-9-11-30-12-10-26)23-22(24-21)19(15-28)29-2/h4-8,13-14,19,28H,3,9-12,15H2,1-2H3. The zero-order chi connectivity index (χ0) is 20.9. The normalized spacial score (nSPS) is 15.4. The number of hydrogen-bond donors (Lipinski definition) is 1. The number of nitrogens with zero attached hydrogens (tertiary/aromatic N) is 5. The summed E-state index contributed by atoms with van der Waals surface area (Å²) in [6.07, 6.45) is 0.207. The van der Waals surface area contributed by atoms with Crippen molar-refractivity contribution in [2.75, 3.05) is 44.9 Å². The van der Waals surface area contributed by atoms with E-state index in [9.17, 15) is 5.11 Å². The molecule has 4 rings (SSSR count). The monoisotopic (exact) mass is 409 g/mol. The maximum atomic E-state index is 9.73. The lowest BCUT2D eigenvalue weighted by Gasteiger charge is -2.28. The Morgan fingerprint density at radius 1 is 1.10 bits per heavy atom. The largest absolute Gasteiger partial charge is 0.393 e. The summed E-state index contributed by atoms with van der Waals surface area (Å²) >= 11 is 0. The van der Waals surface area contributed by atoms with E-state index in [0.29, 0.717) is 24.9 Å². The average molecular weight is 409 g/mol. The van der Waals surface area contributed by atoms with Crippen molar-refractivity contribution >= 4 is 5.82 Å². The van der Waals surface area contributed by atoms with Gasteiger partial charge in [0.2, 0.25) is 0 Å². The molecule has 1 aliphatic rings. The molecule has 1 unspecified atom stereocenters. The fourth-order valence-corrected chi connectivity index (χ4v) is 3.53. The summed E-state index contributed by atoms with van der Waals surface area (Å²) in [5.41, 5.74) is 2.99. The summed E-state index contributed by atoms with van der Waals surface area (Å²) in [6, 6.07) is 14.1. The summed E-state index contributed by atoms with van der Waals surface area (Å²) in [5.74, 6) is 1.89. The van der Waals surface area contributed by atoms with Crippen LogP contribution in [0.15, 0.2) is 42.5 Å². The van der Waals surface area contributed by atoms with E-state index in [1.165, 1.54) is 0 Å². The summed E-state index contributed by atoms with van der Waals surface area (Å²) < 4.78 is 12.7. The third-order valence-corrected chi connectivity index (χ3v) is 5.22. The van der Waals surface area contributed by atoms with E-state index in [2.05, 4.69) is 22.9 Å². The number of aryl methyl sites for hydroxylation is 1. The topological polar surface area (TPSA) is 85.5 Å². The predicted octanol–water partition coefficient (Wildman–Crippen LogP) is 2.41. The van der Waals surface area contributed by atoms with Gasteiger partial charge < -0.3 is 19.5 Å². The zero-order valence-electron chi connectivity index (χ0n) is 17.4. The number of aliphatic hydroxyl groups is 1.